The lowest BCUT2D eigenvalue weighted by molar-refractivity contribution is 0.000322. The molecule has 1 aromatic carbocycles. The molecule has 0 saturated heterocycles. The van der Waals surface area contributed by atoms with Crippen molar-refractivity contribution >= 4 is 0 Å². The van der Waals surface area contributed by atoms with Gasteiger partial charge in [0, 0.05) is 6.04 Å². The molecule has 1 aromatic rings. The number of rotatable bonds is 5. The Morgan fingerprint density at radius 2 is 2.11 bits per heavy atom. The summed E-state index contributed by atoms with van der Waals surface area (Å²) >= 11 is 0. The third-order valence-corrected chi connectivity index (χ3v) is 3.92. The molecule has 0 amide bonds. The summed E-state index contributed by atoms with van der Waals surface area (Å²) in [5.74, 6) is -0.159. The van der Waals surface area contributed by atoms with Crippen LogP contribution in [-0.4, -0.2) is 24.4 Å². The second-order valence-corrected chi connectivity index (χ2v) is 5.42. The minimum atomic E-state index is -0.774. The van der Waals surface area contributed by atoms with Gasteiger partial charge in [-0.2, -0.15) is 0 Å². The molecule has 0 aromatic heterocycles. The van der Waals surface area contributed by atoms with E-state index in [1.807, 2.05) is 20.0 Å². The van der Waals surface area contributed by atoms with Crippen molar-refractivity contribution in [2.45, 2.75) is 44.2 Å². The Bertz CT molecular complexity index is 430. The number of benzene rings is 1. The Morgan fingerprint density at radius 1 is 1.42 bits per heavy atom. The van der Waals surface area contributed by atoms with Gasteiger partial charge in [-0.15, -0.1) is 0 Å². The maximum absolute atomic E-state index is 13.9. The van der Waals surface area contributed by atoms with Gasteiger partial charge < -0.3 is 15.2 Å². The van der Waals surface area contributed by atoms with Crippen LogP contribution >= 0.6 is 0 Å². The fourth-order valence-electron chi connectivity index (χ4n) is 2.46. The minimum absolute atomic E-state index is 0.0996. The molecule has 3 nitrogen and oxygen atoms in total. The third kappa shape index (κ3) is 3.45. The van der Waals surface area contributed by atoms with E-state index in [4.69, 9.17) is 4.74 Å². The Morgan fingerprint density at radius 3 is 2.68 bits per heavy atom. The Kier molecular flexibility index (Phi) is 4.42. The number of hydrogen-bond acceptors (Lipinski definition) is 3. The van der Waals surface area contributed by atoms with Crippen LogP contribution in [0.4, 0.5) is 4.39 Å². The molecule has 106 valence electrons. The van der Waals surface area contributed by atoms with Gasteiger partial charge in [0.05, 0.1) is 5.60 Å². The predicted octanol–water partition coefficient (Wildman–Crippen LogP) is 2.79. The van der Waals surface area contributed by atoms with Crippen LogP contribution < -0.4 is 10.1 Å². The quantitative estimate of drug-likeness (QED) is 0.862. The van der Waals surface area contributed by atoms with E-state index in [1.165, 1.54) is 6.07 Å². The van der Waals surface area contributed by atoms with E-state index in [9.17, 15) is 9.50 Å². The fourth-order valence-corrected chi connectivity index (χ4v) is 2.46. The lowest BCUT2D eigenvalue weighted by Gasteiger charge is -2.22. The van der Waals surface area contributed by atoms with Crippen LogP contribution in [0.15, 0.2) is 18.2 Å². The van der Waals surface area contributed by atoms with Gasteiger partial charge >= 0.3 is 0 Å². The third-order valence-electron chi connectivity index (χ3n) is 3.92. The number of nitrogens with one attached hydrogen (secondary N) is 1. The zero-order valence-electron chi connectivity index (χ0n) is 11.6. The molecule has 0 radical (unpaired) electrons. The molecule has 1 aliphatic rings. The highest BCUT2D eigenvalue weighted by molar-refractivity contribution is 5.31. The monoisotopic (exact) mass is 267 g/mol. The average Bonchev–Trinajstić information content (AvgIpc) is 2.83. The first-order valence-electron chi connectivity index (χ1n) is 6.86. The Balaban J connectivity index is 2.01. The van der Waals surface area contributed by atoms with E-state index in [2.05, 4.69) is 5.32 Å². The smallest absolute Gasteiger partial charge is 0.165 e. The van der Waals surface area contributed by atoms with Crippen molar-refractivity contribution in [2.24, 2.45) is 0 Å². The largest absolute Gasteiger partial charge is 0.488 e. The Labute approximate surface area is 113 Å². The normalized spacial score (nSPS) is 19.4. The van der Waals surface area contributed by atoms with E-state index in [0.29, 0.717) is 0 Å². The van der Waals surface area contributed by atoms with E-state index in [-0.39, 0.29) is 24.2 Å². The zero-order chi connectivity index (χ0) is 13.9. The summed E-state index contributed by atoms with van der Waals surface area (Å²) in [5.41, 5.74) is 0.107. The first-order valence-corrected chi connectivity index (χ1v) is 6.86. The van der Waals surface area contributed by atoms with Crippen molar-refractivity contribution in [1.29, 1.82) is 0 Å². The van der Waals surface area contributed by atoms with Gasteiger partial charge in [0.15, 0.2) is 11.6 Å². The van der Waals surface area contributed by atoms with Crippen LogP contribution in [0.25, 0.3) is 0 Å². The number of halogens is 1. The average molecular weight is 267 g/mol. The lowest BCUT2D eigenvalue weighted by Crippen LogP contribution is -2.32. The molecular formula is C15H22FNO2. The number of hydrogen-bond donors (Lipinski definition) is 2. The van der Waals surface area contributed by atoms with Crippen molar-refractivity contribution in [1.82, 2.24) is 5.32 Å². The van der Waals surface area contributed by atoms with Crippen LogP contribution in [0.1, 0.15) is 44.2 Å². The maximum Gasteiger partial charge on any atom is 0.165 e. The summed E-state index contributed by atoms with van der Waals surface area (Å²) in [6.07, 6.45) is 3.51. The van der Waals surface area contributed by atoms with Gasteiger partial charge in [-0.3, -0.25) is 0 Å². The SMILES string of the molecule is CNC(C)c1ccc(OCC2(O)CCCC2)c(F)c1. The highest BCUT2D eigenvalue weighted by atomic mass is 19.1. The van der Waals surface area contributed by atoms with Crippen molar-refractivity contribution in [2.75, 3.05) is 13.7 Å². The van der Waals surface area contributed by atoms with Crippen molar-refractivity contribution in [3.63, 3.8) is 0 Å². The molecule has 1 fully saturated rings. The molecule has 19 heavy (non-hydrogen) atoms. The molecular weight excluding hydrogens is 245 g/mol. The van der Waals surface area contributed by atoms with Gasteiger partial charge in [0.1, 0.15) is 6.61 Å². The van der Waals surface area contributed by atoms with Gasteiger partial charge in [0.2, 0.25) is 0 Å². The minimum Gasteiger partial charge on any atom is -0.488 e. The molecule has 1 atom stereocenters. The van der Waals surface area contributed by atoms with Gasteiger partial charge in [-0.1, -0.05) is 18.9 Å². The van der Waals surface area contributed by atoms with Crippen molar-refractivity contribution < 1.29 is 14.2 Å². The Hall–Kier alpha value is -1.13. The second-order valence-electron chi connectivity index (χ2n) is 5.42. The zero-order valence-corrected chi connectivity index (χ0v) is 11.6. The van der Waals surface area contributed by atoms with E-state index >= 15 is 0 Å². The van der Waals surface area contributed by atoms with Gasteiger partial charge in [-0.25, -0.2) is 4.39 Å². The van der Waals surface area contributed by atoms with E-state index < -0.39 is 5.60 Å². The predicted molar refractivity (Wildman–Crippen MR) is 72.8 cm³/mol. The summed E-state index contributed by atoms with van der Waals surface area (Å²) in [4.78, 5) is 0. The molecule has 2 rings (SSSR count). The van der Waals surface area contributed by atoms with E-state index in [0.717, 1.165) is 31.2 Å². The highest BCUT2D eigenvalue weighted by Crippen LogP contribution is 2.31. The van der Waals surface area contributed by atoms with Crippen molar-refractivity contribution in [3.05, 3.63) is 29.6 Å². The standard InChI is InChI=1S/C15H22FNO2/c1-11(17-2)12-5-6-14(13(16)9-12)19-10-15(18)7-3-4-8-15/h5-6,9,11,17-18H,3-4,7-8,10H2,1-2H3. The molecule has 2 N–H and O–H groups in total. The molecule has 1 aliphatic carbocycles. The summed E-state index contributed by atoms with van der Waals surface area (Å²) in [5, 5.41) is 13.2. The van der Waals surface area contributed by atoms with Crippen molar-refractivity contribution in [3.8, 4) is 5.75 Å². The van der Waals surface area contributed by atoms with Gasteiger partial charge in [0.25, 0.3) is 0 Å². The van der Waals surface area contributed by atoms with E-state index in [1.54, 1.807) is 6.07 Å². The number of ether oxygens (including phenoxy) is 1. The maximum atomic E-state index is 13.9. The second kappa shape index (κ2) is 5.88. The summed E-state index contributed by atoms with van der Waals surface area (Å²) in [7, 11) is 1.84. The summed E-state index contributed by atoms with van der Waals surface area (Å²) in [6.45, 7) is 2.14. The first kappa shape index (κ1) is 14.3. The number of aliphatic hydroxyl groups is 1. The molecule has 1 saturated carbocycles. The molecule has 0 bridgehead atoms. The first-order chi connectivity index (χ1) is 9.04. The molecule has 0 spiro atoms. The van der Waals surface area contributed by atoms with Crippen LogP contribution in [-0.2, 0) is 0 Å². The van der Waals surface area contributed by atoms with Crippen LogP contribution in [0.3, 0.4) is 0 Å². The summed E-state index contributed by atoms with van der Waals surface area (Å²) < 4.78 is 19.4. The van der Waals surface area contributed by atoms with Gasteiger partial charge in [-0.05, 0) is 44.5 Å². The lowest BCUT2D eigenvalue weighted by atomic mass is 10.0. The van der Waals surface area contributed by atoms with Crippen LogP contribution in [0, 0.1) is 5.82 Å². The fraction of sp³-hybridized carbons (Fsp3) is 0.600. The van der Waals surface area contributed by atoms with Crippen LogP contribution in [0.2, 0.25) is 0 Å². The molecule has 0 aliphatic heterocycles. The van der Waals surface area contributed by atoms with Crippen LogP contribution in [0.5, 0.6) is 5.75 Å². The summed E-state index contributed by atoms with van der Waals surface area (Å²) in [6, 6.07) is 5.06. The molecule has 4 heteroatoms. The molecule has 0 heterocycles. The highest BCUT2D eigenvalue weighted by Gasteiger charge is 2.32. The topological polar surface area (TPSA) is 41.5 Å². The molecule has 1 unspecified atom stereocenters.